The molecule has 1 unspecified atom stereocenters. The summed E-state index contributed by atoms with van der Waals surface area (Å²) >= 11 is 5.82. The lowest BCUT2D eigenvalue weighted by molar-refractivity contribution is 0.512. The smallest absolute Gasteiger partial charge is 0.0703 e. The van der Waals surface area contributed by atoms with Crippen LogP contribution in [0.2, 0.25) is 0 Å². The van der Waals surface area contributed by atoms with E-state index in [2.05, 4.69) is 56.6 Å². The minimum absolute atomic E-state index is 0.400. The van der Waals surface area contributed by atoms with Crippen LogP contribution in [0.5, 0.6) is 0 Å². The molecule has 1 aromatic rings. The van der Waals surface area contributed by atoms with E-state index in [9.17, 15) is 0 Å². The van der Waals surface area contributed by atoms with Crippen LogP contribution in [0.4, 0.5) is 0 Å². The molecule has 1 N–H and O–H groups in total. The quantitative estimate of drug-likeness (QED) is 0.746. The van der Waals surface area contributed by atoms with Crippen molar-refractivity contribution in [2.24, 2.45) is 0 Å². The molecule has 1 atom stereocenters. The van der Waals surface area contributed by atoms with Crippen LogP contribution in [0.1, 0.15) is 57.7 Å². The third-order valence-corrected chi connectivity index (χ3v) is 5.98. The molecule has 114 valence electrons. The zero-order chi connectivity index (χ0) is 14.4. The van der Waals surface area contributed by atoms with Crippen LogP contribution < -0.4 is 5.32 Å². The highest BCUT2D eigenvalue weighted by Gasteiger charge is 2.22. The predicted octanol–water partition coefficient (Wildman–Crippen LogP) is 4.38. The van der Waals surface area contributed by atoms with Gasteiger partial charge in [0.25, 0.3) is 0 Å². The molecule has 3 nitrogen and oxygen atoms in total. The van der Waals surface area contributed by atoms with Crippen molar-refractivity contribution in [3.8, 4) is 0 Å². The second-order valence-corrected chi connectivity index (χ2v) is 7.63. The van der Waals surface area contributed by atoms with Crippen LogP contribution in [0.25, 0.3) is 0 Å². The Balaban J connectivity index is 2.03. The van der Waals surface area contributed by atoms with E-state index in [-0.39, 0.29) is 0 Å². The largest absolute Gasteiger partial charge is 0.308 e. The Morgan fingerprint density at radius 2 is 2.20 bits per heavy atom. The van der Waals surface area contributed by atoms with Crippen molar-refractivity contribution >= 4 is 27.7 Å². The highest BCUT2D eigenvalue weighted by Crippen LogP contribution is 2.33. The van der Waals surface area contributed by atoms with Gasteiger partial charge >= 0.3 is 0 Å². The summed E-state index contributed by atoms with van der Waals surface area (Å²) in [6.07, 6.45) is 8.74. The van der Waals surface area contributed by atoms with E-state index in [1.54, 1.807) is 0 Å². The summed E-state index contributed by atoms with van der Waals surface area (Å²) < 4.78 is 3.26. The summed E-state index contributed by atoms with van der Waals surface area (Å²) in [6.45, 7) is 6.38. The van der Waals surface area contributed by atoms with Crippen LogP contribution >= 0.6 is 27.7 Å². The lowest BCUT2D eigenvalue weighted by Crippen LogP contribution is -2.27. The van der Waals surface area contributed by atoms with Gasteiger partial charge in [0, 0.05) is 17.5 Å². The number of rotatable bonds is 8. The first-order chi connectivity index (χ1) is 9.76. The molecule has 0 amide bonds. The van der Waals surface area contributed by atoms with Crippen molar-refractivity contribution in [3.63, 3.8) is 0 Å². The molecule has 0 bridgehead atoms. The molecule has 1 saturated carbocycles. The van der Waals surface area contributed by atoms with Gasteiger partial charge in [-0.15, -0.1) is 0 Å². The lowest BCUT2D eigenvalue weighted by atomic mass is 10.2. The van der Waals surface area contributed by atoms with Gasteiger partial charge in [-0.3, -0.25) is 4.68 Å². The Morgan fingerprint density at radius 3 is 2.85 bits per heavy atom. The molecule has 5 heteroatoms. The topological polar surface area (TPSA) is 29.9 Å². The zero-order valence-electron chi connectivity index (χ0n) is 12.6. The maximum absolute atomic E-state index is 4.46. The lowest BCUT2D eigenvalue weighted by Gasteiger charge is -2.21. The maximum Gasteiger partial charge on any atom is 0.0703 e. The molecule has 1 aromatic heterocycles. The summed E-state index contributed by atoms with van der Waals surface area (Å²) in [4.78, 5) is 0. The van der Waals surface area contributed by atoms with Crippen molar-refractivity contribution < 1.29 is 0 Å². The molecule has 0 aromatic carbocycles. The van der Waals surface area contributed by atoms with E-state index in [0.29, 0.717) is 6.04 Å². The maximum atomic E-state index is 4.46. The highest BCUT2D eigenvalue weighted by molar-refractivity contribution is 9.10. The van der Waals surface area contributed by atoms with E-state index in [0.717, 1.165) is 28.6 Å². The molecule has 1 heterocycles. The fourth-order valence-electron chi connectivity index (χ4n) is 2.81. The SMILES string of the molecule is CCCNC(CSC1CCCC1)c1c(Br)cnn1CC. The average Bonchev–Trinajstić information content (AvgIpc) is 3.09. The number of hydrogen-bond donors (Lipinski definition) is 1. The predicted molar refractivity (Wildman–Crippen MR) is 91.3 cm³/mol. The Hall–Kier alpha value is 0. The Bertz CT molecular complexity index is 402. The minimum Gasteiger partial charge on any atom is -0.308 e. The second-order valence-electron chi connectivity index (χ2n) is 5.44. The number of aryl methyl sites for hydroxylation is 1. The van der Waals surface area contributed by atoms with Crippen molar-refractivity contribution in [2.75, 3.05) is 12.3 Å². The second kappa shape index (κ2) is 8.44. The van der Waals surface area contributed by atoms with Gasteiger partial charge in [0.1, 0.15) is 0 Å². The molecule has 2 rings (SSSR count). The van der Waals surface area contributed by atoms with Crippen molar-refractivity contribution in [2.45, 2.75) is 63.8 Å². The summed E-state index contributed by atoms with van der Waals surface area (Å²) in [5, 5.41) is 9.04. The summed E-state index contributed by atoms with van der Waals surface area (Å²) in [7, 11) is 0. The molecular formula is C15H26BrN3S. The Labute approximate surface area is 135 Å². The Morgan fingerprint density at radius 1 is 1.45 bits per heavy atom. The van der Waals surface area contributed by atoms with Crippen LogP contribution in [0, 0.1) is 0 Å². The summed E-state index contributed by atoms with van der Waals surface area (Å²) in [5.41, 5.74) is 1.31. The van der Waals surface area contributed by atoms with Crippen molar-refractivity contribution in [1.82, 2.24) is 15.1 Å². The molecule has 1 aliphatic rings. The van der Waals surface area contributed by atoms with Crippen LogP contribution in [-0.4, -0.2) is 27.3 Å². The molecule has 0 saturated heterocycles. The molecule has 1 fully saturated rings. The minimum atomic E-state index is 0.400. The van der Waals surface area contributed by atoms with Crippen LogP contribution in [0.3, 0.4) is 0 Å². The van der Waals surface area contributed by atoms with E-state index < -0.39 is 0 Å². The van der Waals surface area contributed by atoms with Crippen LogP contribution in [0.15, 0.2) is 10.7 Å². The zero-order valence-corrected chi connectivity index (χ0v) is 15.0. The number of halogens is 1. The number of nitrogens with zero attached hydrogens (tertiary/aromatic N) is 2. The first-order valence-electron chi connectivity index (χ1n) is 7.82. The van der Waals surface area contributed by atoms with Crippen molar-refractivity contribution in [1.29, 1.82) is 0 Å². The molecule has 20 heavy (non-hydrogen) atoms. The standard InChI is InChI=1S/C15H26BrN3S/c1-3-9-17-14(11-20-12-7-5-6-8-12)15-13(16)10-18-19(15)4-2/h10,12,14,17H,3-9,11H2,1-2H3. The van der Waals surface area contributed by atoms with Crippen LogP contribution in [-0.2, 0) is 6.54 Å². The molecular weight excluding hydrogens is 334 g/mol. The van der Waals surface area contributed by atoms with Gasteiger partial charge in [0.2, 0.25) is 0 Å². The molecule has 0 aliphatic heterocycles. The number of hydrogen-bond acceptors (Lipinski definition) is 3. The monoisotopic (exact) mass is 359 g/mol. The van der Waals surface area contributed by atoms with Crippen molar-refractivity contribution in [3.05, 3.63) is 16.4 Å². The molecule has 1 aliphatic carbocycles. The first-order valence-corrected chi connectivity index (χ1v) is 9.66. The fraction of sp³-hybridized carbons (Fsp3) is 0.800. The first kappa shape index (κ1) is 16.4. The summed E-state index contributed by atoms with van der Waals surface area (Å²) in [6, 6.07) is 0.400. The van der Waals surface area contributed by atoms with E-state index in [1.165, 1.54) is 37.8 Å². The number of thioether (sulfide) groups is 1. The van der Waals surface area contributed by atoms with E-state index in [1.807, 2.05) is 6.20 Å². The normalized spacial score (nSPS) is 17.8. The van der Waals surface area contributed by atoms with E-state index >= 15 is 0 Å². The third kappa shape index (κ3) is 4.25. The average molecular weight is 360 g/mol. The van der Waals surface area contributed by atoms with Gasteiger partial charge < -0.3 is 5.32 Å². The molecule has 0 spiro atoms. The number of aromatic nitrogens is 2. The number of nitrogens with one attached hydrogen (secondary N) is 1. The third-order valence-electron chi connectivity index (χ3n) is 3.90. The Kier molecular flexibility index (Phi) is 6.91. The van der Waals surface area contributed by atoms with Gasteiger partial charge in [-0.2, -0.15) is 16.9 Å². The van der Waals surface area contributed by atoms with E-state index in [4.69, 9.17) is 0 Å². The van der Waals surface area contributed by atoms with Gasteiger partial charge in [-0.1, -0.05) is 19.8 Å². The van der Waals surface area contributed by atoms with Gasteiger partial charge in [-0.25, -0.2) is 0 Å². The summed E-state index contributed by atoms with van der Waals surface area (Å²) in [5.74, 6) is 1.15. The molecule has 0 radical (unpaired) electrons. The van der Waals surface area contributed by atoms with Gasteiger partial charge in [0.05, 0.1) is 22.4 Å². The van der Waals surface area contributed by atoms with Gasteiger partial charge in [0.15, 0.2) is 0 Å². The fourth-order valence-corrected chi connectivity index (χ4v) is 4.79. The van der Waals surface area contributed by atoms with Gasteiger partial charge in [-0.05, 0) is 48.7 Å². The highest BCUT2D eigenvalue weighted by atomic mass is 79.9.